The first-order valence-corrected chi connectivity index (χ1v) is 9.62. The first-order chi connectivity index (χ1) is 11.6. The molecule has 0 amide bonds. The SMILES string of the molecule is COCCOCOC(CC/C=C/I)C1CN(C)CCC1OC(C)=O. The van der Waals surface area contributed by atoms with Crippen LogP contribution in [-0.2, 0) is 23.7 Å². The molecule has 1 saturated heterocycles. The fourth-order valence-electron chi connectivity index (χ4n) is 2.93. The Morgan fingerprint density at radius 2 is 2.21 bits per heavy atom. The quantitative estimate of drug-likeness (QED) is 0.207. The molecule has 1 fully saturated rings. The van der Waals surface area contributed by atoms with Gasteiger partial charge in [0.15, 0.2) is 0 Å². The zero-order valence-electron chi connectivity index (χ0n) is 14.9. The van der Waals surface area contributed by atoms with E-state index in [1.165, 1.54) is 6.92 Å². The lowest BCUT2D eigenvalue weighted by Crippen LogP contribution is -2.49. The normalized spacial score (nSPS) is 23.5. The zero-order valence-corrected chi connectivity index (χ0v) is 17.1. The van der Waals surface area contributed by atoms with Crippen molar-refractivity contribution in [2.45, 2.75) is 38.4 Å². The number of likely N-dealkylation sites (tertiary alicyclic amines) is 1. The van der Waals surface area contributed by atoms with Crippen molar-refractivity contribution >= 4 is 28.6 Å². The van der Waals surface area contributed by atoms with Crippen LogP contribution in [0.4, 0.5) is 0 Å². The molecule has 1 aliphatic heterocycles. The number of nitrogens with zero attached hydrogens (tertiary/aromatic N) is 1. The van der Waals surface area contributed by atoms with Crippen LogP contribution >= 0.6 is 22.6 Å². The predicted octanol–water partition coefficient (Wildman–Crippen LogP) is 2.60. The number of carbonyl (C=O) groups is 1. The number of allylic oxidation sites excluding steroid dienone is 1. The molecule has 0 aromatic rings. The summed E-state index contributed by atoms with van der Waals surface area (Å²) in [5, 5.41) is 0. The summed E-state index contributed by atoms with van der Waals surface area (Å²) in [4.78, 5) is 13.7. The average Bonchev–Trinajstić information content (AvgIpc) is 2.54. The van der Waals surface area contributed by atoms with Crippen LogP contribution in [0.3, 0.4) is 0 Å². The van der Waals surface area contributed by atoms with E-state index in [0.717, 1.165) is 32.4 Å². The Morgan fingerprint density at radius 1 is 1.42 bits per heavy atom. The number of hydrogen-bond acceptors (Lipinski definition) is 6. The van der Waals surface area contributed by atoms with E-state index in [4.69, 9.17) is 18.9 Å². The van der Waals surface area contributed by atoms with Gasteiger partial charge in [-0.1, -0.05) is 28.7 Å². The molecule has 24 heavy (non-hydrogen) atoms. The van der Waals surface area contributed by atoms with Crippen molar-refractivity contribution < 1.29 is 23.7 Å². The van der Waals surface area contributed by atoms with E-state index in [0.29, 0.717) is 13.2 Å². The number of halogens is 1. The molecule has 0 aromatic carbocycles. The van der Waals surface area contributed by atoms with E-state index in [-0.39, 0.29) is 30.9 Å². The predicted molar refractivity (Wildman–Crippen MR) is 101 cm³/mol. The van der Waals surface area contributed by atoms with Gasteiger partial charge in [-0.2, -0.15) is 0 Å². The summed E-state index contributed by atoms with van der Waals surface area (Å²) in [7, 11) is 3.73. The van der Waals surface area contributed by atoms with Gasteiger partial charge in [-0.25, -0.2) is 0 Å². The van der Waals surface area contributed by atoms with E-state index in [9.17, 15) is 4.79 Å². The molecule has 0 aromatic heterocycles. The van der Waals surface area contributed by atoms with E-state index in [1.54, 1.807) is 7.11 Å². The maximum Gasteiger partial charge on any atom is 0.302 e. The van der Waals surface area contributed by atoms with Gasteiger partial charge in [0.25, 0.3) is 0 Å². The minimum absolute atomic E-state index is 0.00718. The lowest BCUT2D eigenvalue weighted by atomic mass is 9.87. The molecule has 0 aliphatic carbocycles. The minimum Gasteiger partial charge on any atom is -0.462 e. The first-order valence-electron chi connectivity index (χ1n) is 8.37. The van der Waals surface area contributed by atoms with Crippen molar-refractivity contribution in [2.75, 3.05) is 47.3 Å². The van der Waals surface area contributed by atoms with Crippen molar-refractivity contribution in [3.05, 3.63) is 10.2 Å². The number of esters is 1. The van der Waals surface area contributed by atoms with Gasteiger partial charge >= 0.3 is 5.97 Å². The van der Waals surface area contributed by atoms with Crippen molar-refractivity contribution in [1.82, 2.24) is 4.90 Å². The molecule has 3 atom stereocenters. The summed E-state index contributed by atoms with van der Waals surface area (Å²) >= 11 is 2.22. The maximum atomic E-state index is 11.4. The second-order valence-corrected chi connectivity index (χ2v) is 6.74. The summed E-state index contributed by atoms with van der Waals surface area (Å²) in [6, 6.07) is 0. The molecular formula is C17H30INO5. The van der Waals surface area contributed by atoms with Gasteiger partial charge in [-0.3, -0.25) is 4.79 Å². The molecule has 3 unspecified atom stereocenters. The lowest BCUT2D eigenvalue weighted by Gasteiger charge is -2.40. The third-order valence-electron chi connectivity index (χ3n) is 4.09. The van der Waals surface area contributed by atoms with Crippen LogP contribution < -0.4 is 0 Å². The van der Waals surface area contributed by atoms with Crippen molar-refractivity contribution in [3.63, 3.8) is 0 Å². The second-order valence-electron chi connectivity index (χ2n) is 6.03. The van der Waals surface area contributed by atoms with Crippen molar-refractivity contribution in [1.29, 1.82) is 0 Å². The van der Waals surface area contributed by atoms with Gasteiger partial charge in [-0.05, 0) is 30.4 Å². The molecule has 140 valence electrons. The molecule has 0 bridgehead atoms. The standard InChI is InChI=1S/C17H30INO5/c1-14(20)24-17-7-9-19(2)12-15(17)16(6-4-5-8-18)23-13-22-11-10-21-3/h5,8,15-17H,4,6-7,9-13H2,1-3H3/b8-5+. The van der Waals surface area contributed by atoms with Gasteiger partial charge in [0.05, 0.1) is 19.3 Å². The Labute approximate surface area is 159 Å². The Bertz CT molecular complexity index is 380. The first kappa shape index (κ1) is 21.8. The summed E-state index contributed by atoms with van der Waals surface area (Å²) in [6.45, 7) is 4.54. The van der Waals surface area contributed by atoms with Crippen LogP contribution in [0.2, 0.25) is 0 Å². The fourth-order valence-corrected chi connectivity index (χ4v) is 3.29. The number of rotatable bonds is 11. The van der Waals surface area contributed by atoms with Gasteiger partial charge < -0.3 is 23.8 Å². The van der Waals surface area contributed by atoms with Crippen LogP contribution in [0.5, 0.6) is 0 Å². The highest BCUT2D eigenvalue weighted by molar-refractivity contribution is 14.1. The largest absolute Gasteiger partial charge is 0.462 e. The topological polar surface area (TPSA) is 57.2 Å². The summed E-state index contributed by atoms with van der Waals surface area (Å²) < 4.78 is 24.0. The Morgan fingerprint density at radius 3 is 2.88 bits per heavy atom. The summed E-state index contributed by atoms with van der Waals surface area (Å²) in [6.07, 6.45) is 4.67. The van der Waals surface area contributed by atoms with Gasteiger partial charge in [-0.15, -0.1) is 0 Å². The average molecular weight is 455 g/mol. The van der Waals surface area contributed by atoms with Gasteiger partial charge in [0, 0.05) is 33.0 Å². The smallest absolute Gasteiger partial charge is 0.302 e. The van der Waals surface area contributed by atoms with E-state index < -0.39 is 0 Å². The Hall–Kier alpha value is -0.220. The molecule has 6 nitrogen and oxygen atoms in total. The number of piperidine rings is 1. The fraction of sp³-hybridized carbons (Fsp3) is 0.824. The molecule has 7 heteroatoms. The monoisotopic (exact) mass is 455 g/mol. The molecule has 0 N–H and O–H groups in total. The van der Waals surface area contributed by atoms with Crippen molar-refractivity contribution in [3.8, 4) is 0 Å². The van der Waals surface area contributed by atoms with Crippen molar-refractivity contribution in [2.24, 2.45) is 5.92 Å². The highest BCUT2D eigenvalue weighted by Gasteiger charge is 2.36. The highest BCUT2D eigenvalue weighted by atomic mass is 127. The summed E-state index contributed by atoms with van der Waals surface area (Å²) in [5.41, 5.74) is 0. The Balaban J connectivity index is 2.65. The molecule has 1 heterocycles. The Kier molecular flexibility index (Phi) is 11.9. The van der Waals surface area contributed by atoms with E-state index in [2.05, 4.69) is 40.6 Å². The number of carbonyl (C=O) groups excluding carboxylic acids is 1. The molecule has 1 aliphatic rings. The maximum absolute atomic E-state index is 11.4. The lowest BCUT2D eigenvalue weighted by molar-refractivity contribution is -0.166. The van der Waals surface area contributed by atoms with Crippen LogP contribution in [-0.4, -0.2) is 70.3 Å². The van der Waals surface area contributed by atoms with Crippen LogP contribution in [0, 0.1) is 5.92 Å². The highest BCUT2D eigenvalue weighted by Crippen LogP contribution is 2.27. The molecular weight excluding hydrogens is 425 g/mol. The molecule has 0 spiro atoms. The van der Waals surface area contributed by atoms with Crippen LogP contribution in [0.25, 0.3) is 0 Å². The minimum atomic E-state index is -0.225. The van der Waals surface area contributed by atoms with Gasteiger partial charge in [0.2, 0.25) is 0 Å². The molecule has 0 radical (unpaired) electrons. The third kappa shape index (κ3) is 8.75. The number of hydrogen-bond donors (Lipinski definition) is 0. The molecule has 1 rings (SSSR count). The van der Waals surface area contributed by atoms with E-state index in [1.807, 2.05) is 4.08 Å². The van der Waals surface area contributed by atoms with Crippen LogP contribution in [0.1, 0.15) is 26.2 Å². The number of ether oxygens (including phenoxy) is 4. The summed E-state index contributed by atoms with van der Waals surface area (Å²) in [5.74, 6) is -0.0712. The zero-order chi connectivity index (χ0) is 17.8. The van der Waals surface area contributed by atoms with Gasteiger partial charge in [0.1, 0.15) is 12.9 Å². The number of methoxy groups -OCH3 is 1. The third-order valence-corrected chi connectivity index (χ3v) is 4.60. The molecule has 0 saturated carbocycles. The second kappa shape index (κ2) is 13.0. The van der Waals surface area contributed by atoms with E-state index >= 15 is 0 Å². The van der Waals surface area contributed by atoms with Crippen LogP contribution in [0.15, 0.2) is 10.2 Å².